The van der Waals surface area contributed by atoms with E-state index in [1.165, 1.54) is 0 Å². The van der Waals surface area contributed by atoms with Crippen LogP contribution in [0, 0.1) is 22.7 Å². The lowest BCUT2D eigenvalue weighted by Crippen LogP contribution is -2.26. The fraction of sp³-hybridized carbons (Fsp3) is 0.467. The van der Waals surface area contributed by atoms with Gasteiger partial charge in [-0.15, -0.1) is 0 Å². The number of rotatable bonds is 3. The van der Waals surface area contributed by atoms with Gasteiger partial charge in [-0.25, -0.2) is 4.98 Å². The molecule has 1 heterocycles. The minimum Gasteiger partial charge on any atom is -0.369 e. The summed E-state index contributed by atoms with van der Waals surface area (Å²) in [5, 5.41) is 9.00. The number of hydrogen-bond donors (Lipinski definition) is 1. The van der Waals surface area contributed by atoms with Crippen LogP contribution < -0.4 is 5.73 Å². The smallest absolute Gasteiger partial charge is 0.201 e. The Morgan fingerprint density at radius 3 is 2.68 bits per heavy atom. The molecule has 0 aliphatic carbocycles. The van der Waals surface area contributed by atoms with E-state index in [4.69, 9.17) is 11.0 Å². The van der Waals surface area contributed by atoms with Crippen molar-refractivity contribution in [1.29, 1.82) is 5.26 Å². The Kier molecular flexibility index (Phi) is 3.23. The van der Waals surface area contributed by atoms with Crippen molar-refractivity contribution in [1.82, 2.24) is 9.55 Å². The average Bonchev–Trinajstić information content (AvgIpc) is 2.64. The summed E-state index contributed by atoms with van der Waals surface area (Å²) in [7, 11) is 0. The van der Waals surface area contributed by atoms with Crippen molar-refractivity contribution in [3.05, 3.63) is 23.8 Å². The molecule has 19 heavy (non-hydrogen) atoms. The first-order chi connectivity index (χ1) is 8.85. The number of anilines is 1. The molecule has 0 fully saturated rings. The van der Waals surface area contributed by atoms with Gasteiger partial charge >= 0.3 is 0 Å². The highest BCUT2D eigenvalue weighted by Crippen LogP contribution is 2.31. The Bertz CT molecular complexity index is 644. The normalized spacial score (nSPS) is 12.0. The van der Waals surface area contributed by atoms with E-state index >= 15 is 0 Å². The highest BCUT2D eigenvalue weighted by atomic mass is 15.2. The molecule has 1 aromatic carbocycles. The van der Waals surface area contributed by atoms with Crippen molar-refractivity contribution in [3.8, 4) is 6.07 Å². The molecular weight excluding hydrogens is 236 g/mol. The SMILES string of the molecule is CC(C)C(C)(C)Cn1c(N)nc2ccc(C#N)cc21. The van der Waals surface area contributed by atoms with Crippen molar-refractivity contribution in [2.45, 2.75) is 34.2 Å². The van der Waals surface area contributed by atoms with Crippen LogP contribution in [0.1, 0.15) is 33.3 Å². The van der Waals surface area contributed by atoms with Crippen LogP contribution in [0.15, 0.2) is 18.2 Å². The Hall–Kier alpha value is -2.02. The maximum Gasteiger partial charge on any atom is 0.201 e. The first-order valence-corrected chi connectivity index (χ1v) is 6.51. The molecule has 4 heteroatoms. The Morgan fingerprint density at radius 1 is 1.42 bits per heavy atom. The van der Waals surface area contributed by atoms with Crippen molar-refractivity contribution < 1.29 is 0 Å². The third-order valence-electron chi connectivity index (χ3n) is 4.04. The summed E-state index contributed by atoms with van der Waals surface area (Å²) in [5.74, 6) is 1.04. The van der Waals surface area contributed by atoms with Crippen LogP contribution in [0.3, 0.4) is 0 Å². The molecule has 0 saturated carbocycles. The quantitative estimate of drug-likeness (QED) is 0.917. The summed E-state index contributed by atoms with van der Waals surface area (Å²) in [6, 6.07) is 7.64. The second kappa shape index (κ2) is 4.58. The fourth-order valence-corrected chi connectivity index (χ4v) is 1.97. The van der Waals surface area contributed by atoms with E-state index in [0.29, 0.717) is 17.4 Å². The second-order valence-corrected chi connectivity index (χ2v) is 6.01. The predicted octanol–water partition coefficient (Wildman–Crippen LogP) is 3.17. The number of nitrogen functional groups attached to an aromatic ring is 1. The molecular formula is C15H20N4. The van der Waals surface area contributed by atoms with Gasteiger partial charge in [0.1, 0.15) is 0 Å². The van der Waals surface area contributed by atoms with Crippen molar-refractivity contribution >= 4 is 17.0 Å². The first kappa shape index (κ1) is 13.4. The van der Waals surface area contributed by atoms with E-state index in [2.05, 4.69) is 38.7 Å². The largest absolute Gasteiger partial charge is 0.369 e. The lowest BCUT2D eigenvalue weighted by molar-refractivity contribution is 0.214. The minimum atomic E-state index is 0.115. The predicted molar refractivity (Wildman–Crippen MR) is 77.5 cm³/mol. The molecule has 0 aliphatic heterocycles. The van der Waals surface area contributed by atoms with Crippen LogP contribution in [0.4, 0.5) is 5.95 Å². The molecule has 0 bridgehead atoms. The summed E-state index contributed by atoms with van der Waals surface area (Å²) in [4.78, 5) is 4.36. The third kappa shape index (κ3) is 2.41. The van der Waals surface area contributed by atoms with E-state index < -0.39 is 0 Å². The van der Waals surface area contributed by atoms with Crippen molar-refractivity contribution in [3.63, 3.8) is 0 Å². The zero-order chi connectivity index (χ0) is 14.2. The van der Waals surface area contributed by atoms with Crippen LogP contribution in [0.25, 0.3) is 11.0 Å². The summed E-state index contributed by atoms with van der Waals surface area (Å²) in [6.45, 7) is 9.64. The molecule has 1 aromatic heterocycles. The van der Waals surface area contributed by atoms with Gasteiger partial charge in [0.15, 0.2) is 0 Å². The first-order valence-electron chi connectivity index (χ1n) is 6.51. The molecule has 0 unspecified atom stereocenters. The zero-order valence-electron chi connectivity index (χ0n) is 11.9. The molecule has 2 aromatic rings. The Morgan fingerprint density at radius 2 is 2.11 bits per heavy atom. The number of nitrogens with two attached hydrogens (primary N) is 1. The monoisotopic (exact) mass is 256 g/mol. The lowest BCUT2D eigenvalue weighted by Gasteiger charge is -2.30. The number of imidazole rings is 1. The second-order valence-electron chi connectivity index (χ2n) is 6.01. The van der Waals surface area contributed by atoms with Gasteiger partial charge in [0.25, 0.3) is 0 Å². The molecule has 0 atom stereocenters. The Labute approximate surface area is 113 Å². The average molecular weight is 256 g/mol. The van der Waals surface area contributed by atoms with Crippen LogP contribution >= 0.6 is 0 Å². The van der Waals surface area contributed by atoms with Gasteiger partial charge in [-0.2, -0.15) is 5.26 Å². The maximum absolute atomic E-state index is 9.00. The molecule has 4 nitrogen and oxygen atoms in total. The summed E-state index contributed by atoms with van der Waals surface area (Å²) < 4.78 is 2.01. The van der Waals surface area contributed by atoms with Crippen LogP contribution in [-0.2, 0) is 6.54 Å². The van der Waals surface area contributed by atoms with Gasteiger partial charge in [-0.3, -0.25) is 0 Å². The van der Waals surface area contributed by atoms with Gasteiger partial charge in [0.05, 0.1) is 22.7 Å². The van der Waals surface area contributed by atoms with E-state index in [1.807, 2.05) is 16.7 Å². The molecule has 0 aliphatic rings. The molecule has 0 spiro atoms. The van der Waals surface area contributed by atoms with Gasteiger partial charge < -0.3 is 10.3 Å². The standard InChI is InChI=1S/C15H20N4/c1-10(2)15(3,4)9-19-13-7-11(8-16)5-6-12(13)18-14(19)17/h5-7,10H,9H2,1-4H3,(H2,17,18). The van der Waals surface area contributed by atoms with Crippen molar-refractivity contribution in [2.75, 3.05) is 5.73 Å². The number of hydrogen-bond acceptors (Lipinski definition) is 3. The number of fused-ring (bicyclic) bond motifs is 1. The molecule has 0 amide bonds. The fourth-order valence-electron chi connectivity index (χ4n) is 1.97. The van der Waals surface area contributed by atoms with E-state index in [0.717, 1.165) is 17.6 Å². The minimum absolute atomic E-state index is 0.115. The van der Waals surface area contributed by atoms with Gasteiger partial charge in [0.2, 0.25) is 5.95 Å². The number of nitrogens with zero attached hydrogens (tertiary/aromatic N) is 3. The van der Waals surface area contributed by atoms with Crippen LogP contribution in [0.2, 0.25) is 0 Å². The Balaban J connectivity index is 2.54. The molecule has 100 valence electrons. The van der Waals surface area contributed by atoms with Crippen molar-refractivity contribution in [2.24, 2.45) is 11.3 Å². The maximum atomic E-state index is 9.00. The molecule has 0 radical (unpaired) electrons. The number of nitriles is 1. The van der Waals surface area contributed by atoms with Crippen LogP contribution in [-0.4, -0.2) is 9.55 Å². The lowest BCUT2D eigenvalue weighted by atomic mass is 9.81. The number of aromatic nitrogens is 2. The van der Waals surface area contributed by atoms with E-state index in [-0.39, 0.29) is 5.41 Å². The topological polar surface area (TPSA) is 67.6 Å². The molecule has 2 rings (SSSR count). The van der Waals surface area contributed by atoms with E-state index in [1.54, 1.807) is 6.07 Å². The molecule has 0 saturated heterocycles. The van der Waals surface area contributed by atoms with Gasteiger partial charge in [-0.05, 0) is 29.5 Å². The zero-order valence-corrected chi connectivity index (χ0v) is 11.9. The van der Waals surface area contributed by atoms with Gasteiger partial charge in [0, 0.05) is 6.54 Å². The third-order valence-corrected chi connectivity index (χ3v) is 4.04. The van der Waals surface area contributed by atoms with Crippen LogP contribution in [0.5, 0.6) is 0 Å². The number of benzene rings is 1. The highest BCUT2D eigenvalue weighted by molar-refractivity contribution is 5.79. The molecule has 2 N–H and O–H groups in total. The summed E-state index contributed by atoms with van der Waals surface area (Å²) >= 11 is 0. The van der Waals surface area contributed by atoms with E-state index in [9.17, 15) is 0 Å². The summed E-state index contributed by atoms with van der Waals surface area (Å²) in [6.07, 6.45) is 0. The van der Waals surface area contributed by atoms with Gasteiger partial charge in [-0.1, -0.05) is 27.7 Å². The highest BCUT2D eigenvalue weighted by Gasteiger charge is 2.25. The summed E-state index contributed by atoms with van der Waals surface area (Å²) in [5.41, 5.74) is 8.55.